The van der Waals surface area contributed by atoms with Gasteiger partial charge in [-0.25, -0.2) is 0 Å². The van der Waals surface area contributed by atoms with Crippen molar-refractivity contribution in [3.63, 3.8) is 0 Å². The molecule has 0 bridgehead atoms. The zero-order valence-electron chi connectivity index (χ0n) is 12.6. The van der Waals surface area contributed by atoms with Crippen molar-refractivity contribution in [3.05, 3.63) is 54.6 Å². The number of nitrogens with one attached hydrogen (secondary N) is 1. The molecule has 2 heteroatoms. The van der Waals surface area contributed by atoms with E-state index in [4.69, 9.17) is 4.74 Å². The van der Waals surface area contributed by atoms with Gasteiger partial charge >= 0.3 is 0 Å². The minimum atomic E-state index is 0.313. The van der Waals surface area contributed by atoms with E-state index >= 15 is 0 Å². The predicted octanol–water partition coefficient (Wildman–Crippen LogP) is 4.26. The Morgan fingerprint density at radius 3 is 2.38 bits per heavy atom. The molecular formula is C19H23NO. The Balaban J connectivity index is 1.67. The summed E-state index contributed by atoms with van der Waals surface area (Å²) in [4.78, 5) is 0. The quantitative estimate of drug-likeness (QED) is 0.884. The Labute approximate surface area is 127 Å². The summed E-state index contributed by atoms with van der Waals surface area (Å²) in [6, 6.07) is 19.4. The molecule has 1 fully saturated rings. The van der Waals surface area contributed by atoms with E-state index in [9.17, 15) is 0 Å². The molecule has 2 aromatic carbocycles. The zero-order chi connectivity index (χ0) is 14.5. The maximum Gasteiger partial charge on any atom is 0.119 e. The van der Waals surface area contributed by atoms with E-state index in [2.05, 4.69) is 60.8 Å². The Morgan fingerprint density at radius 1 is 0.952 bits per heavy atom. The molecule has 0 spiro atoms. The Hall–Kier alpha value is -1.80. The molecule has 0 heterocycles. The molecule has 110 valence electrons. The average Bonchev–Trinajstić information content (AvgIpc) is 2.96. The molecule has 21 heavy (non-hydrogen) atoms. The second-order valence-electron chi connectivity index (χ2n) is 5.64. The molecule has 0 aliphatic heterocycles. The summed E-state index contributed by atoms with van der Waals surface area (Å²) in [5, 5.41) is 3.53. The summed E-state index contributed by atoms with van der Waals surface area (Å²) in [7, 11) is 0. The van der Waals surface area contributed by atoms with E-state index in [1.807, 2.05) is 6.07 Å². The van der Waals surface area contributed by atoms with Gasteiger partial charge in [0, 0.05) is 6.04 Å². The maximum atomic E-state index is 6.17. The maximum absolute atomic E-state index is 6.17. The van der Waals surface area contributed by atoms with Gasteiger partial charge in [0.25, 0.3) is 0 Å². The summed E-state index contributed by atoms with van der Waals surface area (Å²) in [6.07, 6.45) is 3.94. The molecule has 0 radical (unpaired) electrons. The molecule has 2 nitrogen and oxygen atoms in total. The molecular weight excluding hydrogens is 258 g/mol. The highest BCUT2D eigenvalue weighted by atomic mass is 16.5. The highest BCUT2D eigenvalue weighted by Gasteiger charge is 2.27. The van der Waals surface area contributed by atoms with Crippen LogP contribution >= 0.6 is 0 Å². The van der Waals surface area contributed by atoms with Crippen LogP contribution in [0, 0.1) is 0 Å². The lowest BCUT2D eigenvalue weighted by molar-refractivity contribution is 0.176. The lowest BCUT2D eigenvalue weighted by Gasteiger charge is -2.22. The molecule has 2 aromatic rings. The van der Waals surface area contributed by atoms with Crippen LogP contribution in [0.3, 0.4) is 0 Å². The molecule has 0 amide bonds. The first-order valence-electron chi connectivity index (χ1n) is 7.92. The number of rotatable bonds is 5. The minimum Gasteiger partial charge on any atom is -0.489 e. The van der Waals surface area contributed by atoms with Crippen molar-refractivity contribution in [1.29, 1.82) is 0 Å². The van der Waals surface area contributed by atoms with Crippen LogP contribution in [-0.4, -0.2) is 18.7 Å². The smallest absolute Gasteiger partial charge is 0.119 e. The summed E-state index contributed by atoms with van der Waals surface area (Å²) in [5.74, 6) is 0.976. The second-order valence-corrected chi connectivity index (χ2v) is 5.64. The summed E-state index contributed by atoms with van der Waals surface area (Å²) in [5.41, 5.74) is 2.48. The van der Waals surface area contributed by atoms with Crippen LogP contribution in [0.5, 0.6) is 5.75 Å². The Kier molecular flexibility index (Phi) is 4.56. The fourth-order valence-electron chi connectivity index (χ4n) is 3.09. The summed E-state index contributed by atoms with van der Waals surface area (Å²) < 4.78 is 6.17. The van der Waals surface area contributed by atoms with Crippen LogP contribution in [0.25, 0.3) is 11.1 Å². The number of likely N-dealkylation sites (N-methyl/N-ethyl adjacent to an activating group) is 1. The largest absolute Gasteiger partial charge is 0.489 e. The van der Waals surface area contributed by atoms with Crippen LogP contribution in [-0.2, 0) is 0 Å². The average molecular weight is 281 g/mol. The van der Waals surface area contributed by atoms with Crippen molar-refractivity contribution in [2.24, 2.45) is 0 Å². The normalized spacial score (nSPS) is 21.4. The van der Waals surface area contributed by atoms with Gasteiger partial charge in [0.2, 0.25) is 0 Å². The molecule has 0 aromatic heterocycles. The van der Waals surface area contributed by atoms with Crippen LogP contribution < -0.4 is 10.1 Å². The van der Waals surface area contributed by atoms with Crippen LogP contribution in [0.2, 0.25) is 0 Å². The van der Waals surface area contributed by atoms with Gasteiger partial charge in [-0.2, -0.15) is 0 Å². The molecule has 3 rings (SSSR count). The highest BCUT2D eigenvalue weighted by Crippen LogP contribution is 2.27. The van der Waals surface area contributed by atoms with E-state index in [0.717, 1.165) is 18.7 Å². The fourth-order valence-corrected chi connectivity index (χ4v) is 3.09. The molecule has 1 saturated carbocycles. The minimum absolute atomic E-state index is 0.313. The van der Waals surface area contributed by atoms with Gasteiger partial charge < -0.3 is 10.1 Å². The lowest BCUT2D eigenvalue weighted by Crippen LogP contribution is -2.38. The van der Waals surface area contributed by atoms with Gasteiger partial charge in [-0.05, 0) is 49.1 Å². The van der Waals surface area contributed by atoms with Gasteiger partial charge in [0.15, 0.2) is 0 Å². The van der Waals surface area contributed by atoms with Crippen LogP contribution in [0.1, 0.15) is 26.2 Å². The number of ether oxygens (including phenoxy) is 1. The van der Waals surface area contributed by atoms with Crippen LogP contribution in [0.15, 0.2) is 54.6 Å². The van der Waals surface area contributed by atoms with E-state index in [1.54, 1.807) is 0 Å². The third-order valence-electron chi connectivity index (χ3n) is 4.17. The van der Waals surface area contributed by atoms with Gasteiger partial charge in [0.1, 0.15) is 11.9 Å². The monoisotopic (exact) mass is 281 g/mol. The van der Waals surface area contributed by atoms with Crippen molar-refractivity contribution in [3.8, 4) is 16.9 Å². The van der Waals surface area contributed by atoms with E-state index < -0.39 is 0 Å². The van der Waals surface area contributed by atoms with Crippen molar-refractivity contribution in [2.45, 2.75) is 38.3 Å². The first-order valence-corrected chi connectivity index (χ1v) is 7.92. The number of hydrogen-bond donors (Lipinski definition) is 1. The molecule has 1 aliphatic rings. The van der Waals surface area contributed by atoms with E-state index in [1.165, 1.54) is 24.0 Å². The standard InChI is InChI=1S/C19H23NO/c1-2-20-18-9-6-10-19(18)21-17-13-11-16(12-14-17)15-7-4-3-5-8-15/h3-5,7-8,11-14,18-20H,2,6,9-10H2,1H3. The third-order valence-corrected chi connectivity index (χ3v) is 4.17. The first-order chi connectivity index (χ1) is 10.4. The molecule has 0 saturated heterocycles. The fraction of sp³-hybridized carbons (Fsp3) is 0.368. The third kappa shape index (κ3) is 3.45. The molecule has 1 N–H and O–H groups in total. The van der Waals surface area contributed by atoms with Crippen molar-refractivity contribution in [2.75, 3.05) is 6.54 Å². The van der Waals surface area contributed by atoms with Crippen molar-refractivity contribution < 1.29 is 4.74 Å². The van der Waals surface area contributed by atoms with Gasteiger partial charge in [-0.3, -0.25) is 0 Å². The van der Waals surface area contributed by atoms with Crippen LogP contribution in [0.4, 0.5) is 0 Å². The number of hydrogen-bond acceptors (Lipinski definition) is 2. The topological polar surface area (TPSA) is 21.3 Å². The SMILES string of the molecule is CCNC1CCCC1Oc1ccc(-c2ccccc2)cc1. The van der Waals surface area contributed by atoms with Crippen molar-refractivity contribution in [1.82, 2.24) is 5.32 Å². The van der Waals surface area contributed by atoms with Crippen molar-refractivity contribution >= 4 is 0 Å². The van der Waals surface area contributed by atoms with Gasteiger partial charge in [-0.1, -0.05) is 49.4 Å². The Morgan fingerprint density at radius 2 is 1.67 bits per heavy atom. The summed E-state index contributed by atoms with van der Waals surface area (Å²) >= 11 is 0. The first kappa shape index (κ1) is 14.2. The van der Waals surface area contributed by atoms with Gasteiger partial charge in [0.05, 0.1) is 0 Å². The molecule has 1 aliphatic carbocycles. The number of benzene rings is 2. The second kappa shape index (κ2) is 6.77. The summed E-state index contributed by atoms with van der Waals surface area (Å²) in [6.45, 7) is 3.17. The predicted molar refractivity (Wildman–Crippen MR) is 87.6 cm³/mol. The highest BCUT2D eigenvalue weighted by molar-refractivity contribution is 5.63. The van der Waals surface area contributed by atoms with E-state index in [-0.39, 0.29) is 0 Å². The molecule has 2 unspecified atom stereocenters. The molecule has 2 atom stereocenters. The zero-order valence-corrected chi connectivity index (χ0v) is 12.6. The van der Waals surface area contributed by atoms with Gasteiger partial charge in [-0.15, -0.1) is 0 Å². The Bertz CT molecular complexity index is 550. The lowest BCUT2D eigenvalue weighted by atomic mass is 10.1. The van der Waals surface area contributed by atoms with E-state index in [0.29, 0.717) is 12.1 Å².